The Kier molecular flexibility index (Phi) is 6.80. The van der Waals surface area contributed by atoms with E-state index in [9.17, 15) is 9.59 Å². The highest BCUT2D eigenvalue weighted by Crippen LogP contribution is 2.23. The molecule has 2 heterocycles. The molecule has 1 aromatic heterocycles. The van der Waals surface area contributed by atoms with Crippen LogP contribution in [0.25, 0.3) is 0 Å². The number of rotatable bonds is 6. The number of amides is 2. The summed E-state index contributed by atoms with van der Waals surface area (Å²) < 4.78 is 0. The van der Waals surface area contributed by atoms with Crippen LogP contribution in [0.5, 0.6) is 0 Å². The zero-order valence-corrected chi connectivity index (χ0v) is 17.5. The molecule has 0 radical (unpaired) electrons. The molecule has 2 atom stereocenters. The second-order valence-corrected chi connectivity index (χ2v) is 8.67. The first-order valence-corrected chi connectivity index (χ1v) is 10.6. The fourth-order valence-corrected chi connectivity index (χ4v) is 4.64. The van der Waals surface area contributed by atoms with Crippen molar-refractivity contribution in [1.82, 2.24) is 15.2 Å². The van der Waals surface area contributed by atoms with Gasteiger partial charge in [0.2, 0.25) is 5.91 Å². The summed E-state index contributed by atoms with van der Waals surface area (Å²) in [5, 5.41) is 7.64. The van der Waals surface area contributed by atoms with Gasteiger partial charge in [-0.3, -0.25) is 14.5 Å². The van der Waals surface area contributed by atoms with Crippen LogP contribution in [0.1, 0.15) is 48.8 Å². The van der Waals surface area contributed by atoms with E-state index in [0.29, 0.717) is 17.4 Å². The number of hydrogen-bond donors (Lipinski definition) is 2. The predicted molar refractivity (Wildman–Crippen MR) is 112 cm³/mol. The molecular weight excluding hydrogens is 372 g/mol. The largest absolute Gasteiger partial charge is 0.347 e. The molecule has 7 heteroatoms. The highest BCUT2D eigenvalue weighted by atomic mass is 32.1. The molecule has 2 aromatic rings. The van der Waals surface area contributed by atoms with Gasteiger partial charge in [0, 0.05) is 38.5 Å². The van der Waals surface area contributed by atoms with E-state index in [1.165, 1.54) is 30.2 Å². The maximum absolute atomic E-state index is 12.4. The number of carbonyl (C=O) groups excluding carboxylic acids is 2. The topological polar surface area (TPSA) is 74.3 Å². The lowest BCUT2D eigenvalue weighted by Crippen LogP contribution is -2.38. The average molecular weight is 401 g/mol. The highest BCUT2D eigenvalue weighted by Gasteiger charge is 2.22. The van der Waals surface area contributed by atoms with Crippen molar-refractivity contribution in [1.29, 1.82) is 0 Å². The van der Waals surface area contributed by atoms with Gasteiger partial charge in [0.05, 0.1) is 0 Å². The molecule has 2 amide bonds. The van der Waals surface area contributed by atoms with Gasteiger partial charge in [0.25, 0.3) is 5.91 Å². The van der Waals surface area contributed by atoms with E-state index in [2.05, 4.69) is 52.6 Å². The number of benzene rings is 1. The zero-order valence-electron chi connectivity index (χ0n) is 16.7. The van der Waals surface area contributed by atoms with Crippen molar-refractivity contribution >= 4 is 28.3 Å². The molecule has 0 spiro atoms. The Bertz CT molecular complexity index is 825. The van der Waals surface area contributed by atoms with Crippen LogP contribution in [-0.2, 0) is 17.9 Å². The highest BCUT2D eigenvalue weighted by molar-refractivity contribution is 7.14. The van der Waals surface area contributed by atoms with Crippen molar-refractivity contribution in [3.8, 4) is 0 Å². The second kappa shape index (κ2) is 9.30. The molecule has 0 saturated carbocycles. The molecular formula is C21H28N4O2S. The van der Waals surface area contributed by atoms with Crippen molar-refractivity contribution in [3.05, 3.63) is 46.5 Å². The number of thiazole rings is 1. The lowest BCUT2D eigenvalue weighted by molar-refractivity contribution is -0.114. The third kappa shape index (κ3) is 5.62. The van der Waals surface area contributed by atoms with Gasteiger partial charge in [0.1, 0.15) is 5.69 Å². The number of anilines is 1. The minimum atomic E-state index is -0.233. The summed E-state index contributed by atoms with van der Waals surface area (Å²) in [4.78, 5) is 30.2. The first-order valence-electron chi connectivity index (χ1n) is 9.71. The van der Waals surface area contributed by atoms with Crippen molar-refractivity contribution in [3.63, 3.8) is 0 Å². The summed E-state index contributed by atoms with van der Waals surface area (Å²) >= 11 is 1.24. The SMILES string of the molecule is CC(=O)Nc1nc(C(=O)NCc2ccccc2CN2C[C@@H](C)C[C@H](C)C2)cs1. The zero-order chi connectivity index (χ0) is 20.1. The second-order valence-electron chi connectivity index (χ2n) is 7.81. The third-order valence-electron chi connectivity index (χ3n) is 4.92. The summed E-state index contributed by atoms with van der Waals surface area (Å²) in [6.45, 7) is 9.66. The number of likely N-dealkylation sites (tertiary alicyclic amines) is 1. The minimum absolute atomic E-state index is 0.198. The standard InChI is InChI=1S/C21H28N4O2S/c1-14-8-15(2)11-25(10-14)12-18-7-5-4-6-17(18)9-22-20(27)19-13-28-21(24-19)23-16(3)26/h4-7,13-15H,8-12H2,1-3H3,(H,22,27)(H,23,24,26)/t14-,15-/m0/s1. The number of carbonyl (C=O) groups is 2. The Balaban J connectivity index is 1.61. The van der Waals surface area contributed by atoms with Gasteiger partial charge in [-0.25, -0.2) is 4.98 Å². The summed E-state index contributed by atoms with van der Waals surface area (Å²) in [5.41, 5.74) is 2.70. The van der Waals surface area contributed by atoms with Crippen molar-refractivity contribution < 1.29 is 9.59 Å². The summed E-state index contributed by atoms with van der Waals surface area (Å²) in [6.07, 6.45) is 1.29. The molecule has 28 heavy (non-hydrogen) atoms. The van der Waals surface area contributed by atoms with Crippen LogP contribution in [0.2, 0.25) is 0 Å². The molecule has 0 aliphatic carbocycles. The summed E-state index contributed by atoms with van der Waals surface area (Å²) in [5.74, 6) is 1.01. The smallest absolute Gasteiger partial charge is 0.271 e. The van der Waals surface area contributed by atoms with Crippen molar-refractivity contribution in [2.75, 3.05) is 18.4 Å². The molecule has 2 N–H and O–H groups in total. The van der Waals surface area contributed by atoms with E-state index in [0.717, 1.165) is 37.0 Å². The van der Waals surface area contributed by atoms with Gasteiger partial charge >= 0.3 is 0 Å². The Morgan fingerprint density at radius 2 is 1.86 bits per heavy atom. The molecule has 1 aliphatic rings. The molecule has 0 bridgehead atoms. The van der Waals surface area contributed by atoms with Crippen molar-refractivity contribution in [2.24, 2.45) is 11.8 Å². The number of nitrogens with one attached hydrogen (secondary N) is 2. The lowest BCUT2D eigenvalue weighted by Gasteiger charge is -2.35. The monoisotopic (exact) mass is 400 g/mol. The Morgan fingerprint density at radius 3 is 2.54 bits per heavy atom. The number of hydrogen-bond acceptors (Lipinski definition) is 5. The fourth-order valence-electron chi connectivity index (χ4n) is 3.90. The molecule has 0 unspecified atom stereocenters. The quantitative estimate of drug-likeness (QED) is 0.778. The first kappa shape index (κ1) is 20.5. The molecule has 1 saturated heterocycles. The van der Waals surface area contributed by atoms with E-state index in [1.54, 1.807) is 5.38 Å². The van der Waals surface area contributed by atoms with Crippen LogP contribution < -0.4 is 10.6 Å². The molecule has 1 fully saturated rings. The normalized spacial score (nSPS) is 20.0. The van der Waals surface area contributed by atoms with Crippen LogP contribution in [0.4, 0.5) is 5.13 Å². The van der Waals surface area contributed by atoms with Crippen molar-refractivity contribution in [2.45, 2.75) is 40.3 Å². The molecule has 1 aliphatic heterocycles. The number of aromatic nitrogens is 1. The van der Waals surface area contributed by atoms with Gasteiger partial charge in [-0.1, -0.05) is 38.1 Å². The van der Waals surface area contributed by atoms with Gasteiger partial charge in [-0.2, -0.15) is 0 Å². The van der Waals surface area contributed by atoms with E-state index in [-0.39, 0.29) is 11.8 Å². The first-order chi connectivity index (χ1) is 13.4. The fraction of sp³-hybridized carbons (Fsp3) is 0.476. The molecule has 6 nitrogen and oxygen atoms in total. The molecule has 3 rings (SSSR count). The number of piperidine rings is 1. The summed E-state index contributed by atoms with van der Waals surface area (Å²) in [7, 11) is 0. The Morgan fingerprint density at radius 1 is 1.18 bits per heavy atom. The lowest BCUT2D eigenvalue weighted by atomic mass is 9.91. The maximum Gasteiger partial charge on any atom is 0.271 e. The van der Waals surface area contributed by atoms with Gasteiger partial charge in [-0.15, -0.1) is 11.3 Å². The molecule has 1 aromatic carbocycles. The average Bonchev–Trinajstić information content (AvgIpc) is 3.07. The third-order valence-corrected chi connectivity index (χ3v) is 5.67. The van der Waals surface area contributed by atoms with Crippen LogP contribution in [-0.4, -0.2) is 34.8 Å². The minimum Gasteiger partial charge on any atom is -0.347 e. The van der Waals surface area contributed by atoms with Crippen LogP contribution in [0.3, 0.4) is 0 Å². The van der Waals surface area contributed by atoms with E-state index >= 15 is 0 Å². The van der Waals surface area contributed by atoms with E-state index in [4.69, 9.17) is 0 Å². The van der Waals surface area contributed by atoms with Crippen LogP contribution in [0, 0.1) is 11.8 Å². The number of nitrogens with zero attached hydrogens (tertiary/aromatic N) is 2. The van der Waals surface area contributed by atoms with Gasteiger partial charge in [-0.05, 0) is 29.4 Å². The molecule has 150 valence electrons. The van der Waals surface area contributed by atoms with Crippen LogP contribution in [0.15, 0.2) is 29.6 Å². The predicted octanol–water partition coefficient (Wildman–Crippen LogP) is 3.51. The maximum atomic E-state index is 12.4. The Labute approximate surface area is 170 Å². The van der Waals surface area contributed by atoms with Crippen LogP contribution >= 0.6 is 11.3 Å². The van der Waals surface area contributed by atoms with E-state index < -0.39 is 0 Å². The van der Waals surface area contributed by atoms with Gasteiger partial charge < -0.3 is 10.6 Å². The van der Waals surface area contributed by atoms with Gasteiger partial charge in [0.15, 0.2) is 5.13 Å². The Hall–Kier alpha value is -2.25. The summed E-state index contributed by atoms with van der Waals surface area (Å²) in [6, 6.07) is 8.26. The van der Waals surface area contributed by atoms with E-state index in [1.807, 2.05) is 6.07 Å².